The molecule has 0 fully saturated rings. The van der Waals surface area contributed by atoms with E-state index >= 15 is 0 Å². The van der Waals surface area contributed by atoms with Crippen molar-refractivity contribution in [2.45, 2.75) is 226 Å². The summed E-state index contributed by atoms with van der Waals surface area (Å²) in [6.07, 6.45) is 7.79. The van der Waals surface area contributed by atoms with E-state index in [1.54, 1.807) is 14.0 Å². The molecular weight excluding hydrogens is 1360 g/mol. The summed E-state index contributed by atoms with van der Waals surface area (Å²) >= 11 is 0. The Kier molecular flexibility index (Phi) is 61.8. The fourth-order valence-corrected chi connectivity index (χ4v) is 12.2. The normalized spacial score (nSPS) is 15.2. The predicted molar refractivity (Wildman–Crippen MR) is 424 cm³/mol. The third-order valence-electron chi connectivity index (χ3n) is 17.9. The number of primary amides is 1. The number of aliphatic hydroxyl groups excluding tert-OH is 1. The number of aliphatic carboxylic acids is 1. The zero-order chi connectivity index (χ0) is 79.5. The van der Waals surface area contributed by atoms with Gasteiger partial charge in [0.2, 0.25) is 41.4 Å². The van der Waals surface area contributed by atoms with Crippen molar-refractivity contribution in [2.24, 2.45) is 52.5 Å². The first kappa shape index (κ1) is 101. The van der Waals surface area contributed by atoms with E-state index in [1.165, 1.54) is 0 Å². The van der Waals surface area contributed by atoms with Gasteiger partial charge in [-0.05, 0) is 134 Å². The molecule has 34 heteroatoms. The third-order valence-corrected chi connectivity index (χ3v) is 17.9. The van der Waals surface area contributed by atoms with Gasteiger partial charge in [-0.3, -0.25) is 43.7 Å². The molecule has 0 bridgehead atoms. The van der Waals surface area contributed by atoms with Crippen molar-refractivity contribution < 1.29 is 48.6 Å². The summed E-state index contributed by atoms with van der Waals surface area (Å²) in [6, 6.07) is -1.48. The van der Waals surface area contributed by atoms with Crippen molar-refractivity contribution >= 4 is 47.3 Å². The number of carboxylic acids is 1. The number of hydrogen-bond donors (Lipinski definition) is 26. The maximum Gasteiger partial charge on any atom is 0.303 e. The first-order valence-corrected chi connectivity index (χ1v) is 39.5. The summed E-state index contributed by atoms with van der Waals surface area (Å²) in [5.74, 6) is -0.750. The van der Waals surface area contributed by atoms with E-state index in [-0.39, 0.29) is 154 Å². The quantitative estimate of drug-likeness (QED) is 0.0201. The molecule has 0 rings (SSSR count). The largest absolute Gasteiger partial charge is 0.481 e. The van der Waals surface area contributed by atoms with Crippen LogP contribution in [0, 0.1) is 29.6 Å². The molecule has 106 heavy (non-hydrogen) atoms. The van der Waals surface area contributed by atoms with Gasteiger partial charge in [0.1, 0.15) is 0 Å². The maximum absolute atomic E-state index is 13.4. The molecule has 12 atom stereocenters. The van der Waals surface area contributed by atoms with Gasteiger partial charge in [0.25, 0.3) is 0 Å². The minimum absolute atomic E-state index is 0.00952. The molecule has 0 spiro atoms. The maximum atomic E-state index is 13.4. The van der Waals surface area contributed by atoms with Gasteiger partial charge in [0.05, 0.1) is 51.9 Å². The number of carboxylic acid groups (broad SMARTS) is 1. The molecule has 0 aliphatic rings. The topological polar surface area (TPSA) is 522 Å². The summed E-state index contributed by atoms with van der Waals surface area (Å²) < 4.78 is 0. The molecule has 622 valence electrons. The van der Waals surface area contributed by atoms with E-state index in [0.717, 1.165) is 32.1 Å². The van der Waals surface area contributed by atoms with Crippen LogP contribution >= 0.6 is 0 Å². The summed E-state index contributed by atoms with van der Waals surface area (Å²) in [5.41, 5.74) is 22.8. The minimum Gasteiger partial charge on any atom is -0.481 e. The van der Waals surface area contributed by atoms with Crippen molar-refractivity contribution in [3.8, 4) is 0 Å². The van der Waals surface area contributed by atoms with Crippen LogP contribution in [-0.4, -0.2) is 282 Å². The summed E-state index contributed by atoms with van der Waals surface area (Å²) in [5, 5.41) is 84.5. The van der Waals surface area contributed by atoms with Crippen molar-refractivity contribution in [3.05, 3.63) is 0 Å². The zero-order valence-electron chi connectivity index (χ0n) is 67.2. The smallest absolute Gasteiger partial charge is 0.303 e. The zero-order valence-corrected chi connectivity index (χ0v) is 67.2. The highest BCUT2D eigenvalue weighted by molar-refractivity contribution is 5.81. The highest BCUT2D eigenvalue weighted by Crippen LogP contribution is 2.10. The second kappa shape index (κ2) is 64.8. The van der Waals surface area contributed by atoms with Crippen LogP contribution in [0.25, 0.3) is 0 Å². The lowest BCUT2D eigenvalue weighted by Crippen LogP contribution is -2.53. The molecule has 0 aliphatic carbocycles. The van der Waals surface area contributed by atoms with Crippen LogP contribution in [0.15, 0.2) is 0 Å². The van der Waals surface area contributed by atoms with E-state index in [0.29, 0.717) is 174 Å². The van der Waals surface area contributed by atoms with E-state index in [1.807, 2.05) is 0 Å². The lowest BCUT2D eigenvalue weighted by atomic mass is 9.99. The number of carbonyl (C=O) groups is 8. The molecular formula is C72H154N24O10. The van der Waals surface area contributed by atoms with Crippen LogP contribution in [0.2, 0.25) is 0 Å². The fourth-order valence-electron chi connectivity index (χ4n) is 12.2. The first-order valence-electron chi connectivity index (χ1n) is 39.5. The number of hydrogen-bond acceptors (Lipinski definition) is 26. The molecule has 4 unspecified atom stereocenters. The number of rotatable bonds is 73. The average Bonchev–Trinajstić information content (AvgIpc) is 1.97. The Morgan fingerprint density at radius 1 is 0.349 bits per heavy atom. The molecule has 0 saturated carbocycles. The third kappa shape index (κ3) is 59.0. The van der Waals surface area contributed by atoms with E-state index in [2.05, 4.69) is 176 Å². The van der Waals surface area contributed by atoms with Crippen LogP contribution in [0.3, 0.4) is 0 Å². The minimum atomic E-state index is -0.877. The molecule has 30 N–H and O–H groups in total. The molecule has 0 radical (unpaired) electrons. The van der Waals surface area contributed by atoms with Crippen LogP contribution in [-0.2, 0) is 38.4 Å². The van der Waals surface area contributed by atoms with Gasteiger partial charge >= 0.3 is 5.97 Å². The van der Waals surface area contributed by atoms with Crippen LogP contribution in [0.4, 0.5) is 0 Å². The Hall–Kier alpha value is -4.96. The molecule has 0 saturated heterocycles. The standard InChI is InChI=1S/C72H154N24O10/c1-13-53(10)63(37-84-44-70(103)95-61(27-51(6)7)35-85-46-88-59(25-49(2)3)33-78-39-65(76)98)96-71(104)45-82-32-58(19-16-24-75)93-68(101)42-83-34-60(26-50(4)5)89-47-87-38-64(54(11)97)90-48-86-36-62(28-52(8)9)94-69(102)43-81-31-57(18-15-23-74)92-67(100)41-80-30-56(17-14-22-73)91-66(99)40-79-29-55(77-12)20-21-72(105)106/h49-64,77-90,97H,13-48,73-75H2,1-12H3,(H2,76,98)(H,91,99)(H,92,100)(H,93,101)(H,94,102)(H,95,103)(H,96,104)(H,105,106)/t53?,54?,55-,56-,57-,58-,59-,60-,61-,62-,63?,64?/m0/s1. The van der Waals surface area contributed by atoms with Crippen LogP contribution < -0.4 is 129 Å². The number of nitrogens with two attached hydrogens (primary N) is 4. The summed E-state index contributed by atoms with van der Waals surface area (Å²) in [6.45, 7) is 30.7. The Morgan fingerprint density at radius 2 is 0.642 bits per heavy atom. The van der Waals surface area contributed by atoms with Gasteiger partial charge < -0.3 is 134 Å². The van der Waals surface area contributed by atoms with Crippen LogP contribution in [0.1, 0.15) is 160 Å². The van der Waals surface area contributed by atoms with Gasteiger partial charge in [-0.2, -0.15) is 0 Å². The number of amides is 7. The van der Waals surface area contributed by atoms with Gasteiger partial charge in [-0.25, -0.2) is 0 Å². The monoisotopic (exact) mass is 1520 g/mol. The second-order valence-corrected chi connectivity index (χ2v) is 30.2. The van der Waals surface area contributed by atoms with Crippen molar-refractivity contribution in [1.29, 1.82) is 0 Å². The Labute approximate surface area is 636 Å². The highest BCUT2D eigenvalue weighted by atomic mass is 16.4. The average molecular weight is 1520 g/mol. The molecule has 7 amide bonds. The summed E-state index contributed by atoms with van der Waals surface area (Å²) in [7, 11) is 1.75. The van der Waals surface area contributed by atoms with Gasteiger partial charge in [-0.1, -0.05) is 75.7 Å². The fraction of sp³-hybridized carbons (Fsp3) is 0.889. The van der Waals surface area contributed by atoms with Crippen molar-refractivity contribution in [3.63, 3.8) is 0 Å². The van der Waals surface area contributed by atoms with Crippen molar-refractivity contribution in [1.82, 2.24) is 106 Å². The first-order chi connectivity index (χ1) is 50.5. The van der Waals surface area contributed by atoms with Gasteiger partial charge in [0.15, 0.2) is 0 Å². The lowest BCUT2D eigenvalue weighted by molar-refractivity contribution is -0.137. The molecule has 0 aromatic carbocycles. The molecule has 34 nitrogen and oxygen atoms in total. The SMILES string of the molecule is CCC(C)C(CNCC(=O)N[C@H](CNCN[C@H](CNCC(N)=O)CC(C)C)CC(C)C)NC(=O)CNC[C@H](CCCN)NC(=O)CNC[C@H](CC(C)C)NCNCC(NCNC[C@H](CC(C)C)NC(=O)CNC[C@H](CCCN)NC(=O)CNC[C@H](CCCN)NC(=O)CNC[C@H](CCC(=O)O)NC)C(C)O. The highest BCUT2D eigenvalue weighted by Gasteiger charge is 2.24. The Balaban J connectivity index is 5.14. The number of nitrogens with one attached hydrogen (secondary N) is 20. The van der Waals surface area contributed by atoms with E-state index < -0.39 is 18.0 Å². The second-order valence-electron chi connectivity index (χ2n) is 30.2. The number of likely N-dealkylation sites (N-methyl/N-ethyl adjacent to an activating group) is 1. The molecule has 0 heterocycles. The van der Waals surface area contributed by atoms with Crippen molar-refractivity contribution in [2.75, 3.05) is 158 Å². The molecule has 0 aliphatic heterocycles. The van der Waals surface area contributed by atoms with Gasteiger partial charge in [0, 0.05) is 152 Å². The van der Waals surface area contributed by atoms with Crippen LogP contribution in [0.5, 0.6) is 0 Å². The van der Waals surface area contributed by atoms with Gasteiger partial charge in [-0.15, -0.1) is 0 Å². The molecule has 0 aromatic rings. The molecule has 0 aromatic heterocycles. The Morgan fingerprint density at radius 3 is 0.972 bits per heavy atom. The van der Waals surface area contributed by atoms with E-state index in [9.17, 15) is 43.5 Å². The Bertz CT molecular complexity index is 2290. The lowest BCUT2D eigenvalue weighted by Gasteiger charge is -2.26. The number of carbonyl (C=O) groups excluding carboxylic acids is 7. The summed E-state index contributed by atoms with van der Waals surface area (Å²) in [4.78, 5) is 101. The van der Waals surface area contributed by atoms with E-state index in [4.69, 9.17) is 28.0 Å². The predicted octanol–water partition coefficient (Wildman–Crippen LogP) is -4.70. The number of aliphatic hydroxyl groups is 1.